The van der Waals surface area contributed by atoms with Gasteiger partial charge in [-0.25, -0.2) is 0 Å². The monoisotopic (exact) mass is 258 g/mol. The van der Waals surface area contributed by atoms with Gasteiger partial charge in [0.25, 0.3) is 5.91 Å². The summed E-state index contributed by atoms with van der Waals surface area (Å²) in [6.45, 7) is 4.07. The van der Waals surface area contributed by atoms with E-state index in [2.05, 4.69) is 10.6 Å². The van der Waals surface area contributed by atoms with Gasteiger partial charge in [-0.3, -0.25) is 9.59 Å². The van der Waals surface area contributed by atoms with Crippen molar-refractivity contribution >= 4 is 17.5 Å². The van der Waals surface area contributed by atoms with E-state index in [1.165, 1.54) is 0 Å². The van der Waals surface area contributed by atoms with Crippen molar-refractivity contribution in [2.45, 2.75) is 44.6 Å². The van der Waals surface area contributed by atoms with Crippen LogP contribution in [0.3, 0.4) is 0 Å². The molecule has 0 saturated heterocycles. The van der Waals surface area contributed by atoms with Crippen LogP contribution in [0.5, 0.6) is 0 Å². The topological polar surface area (TPSA) is 58.2 Å². The van der Waals surface area contributed by atoms with E-state index >= 15 is 0 Å². The molecule has 0 bridgehead atoms. The molecule has 1 aromatic rings. The number of fused-ring (bicyclic) bond motifs is 1. The van der Waals surface area contributed by atoms with Gasteiger partial charge in [-0.15, -0.1) is 0 Å². The molecule has 1 aromatic carbocycles. The number of nitrogens with one attached hydrogen (secondary N) is 2. The second-order valence-corrected chi connectivity index (χ2v) is 6.12. The number of carbonyl (C=O) groups is 2. The summed E-state index contributed by atoms with van der Waals surface area (Å²) < 4.78 is 0. The zero-order valence-corrected chi connectivity index (χ0v) is 11.2. The summed E-state index contributed by atoms with van der Waals surface area (Å²) in [6, 6.07) is 5.87. The van der Waals surface area contributed by atoms with E-state index in [0.29, 0.717) is 18.0 Å². The van der Waals surface area contributed by atoms with Gasteiger partial charge in [-0.2, -0.15) is 0 Å². The maximum atomic E-state index is 12.1. The summed E-state index contributed by atoms with van der Waals surface area (Å²) in [6.07, 6.45) is 2.62. The molecule has 2 N–H and O–H groups in total. The summed E-state index contributed by atoms with van der Waals surface area (Å²) >= 11 is 0. The Labute approximate surface area is 112 Å². The van der Waals surface area contributed by atoms with Crippen molar-refractivity contribution in [1.29, 1.82) is 0 Å². The van der Waals surface area contributed by atoms with Gasteiger partial charge in [0.2, 0.25) is 5.91 Å². The van der Waals surface area contributed by atoms with Crippen molar-refractivity contribution in [3.8, 4) is 0 Å². The van der Waals surface area contributed by atoms with Gasteiger partial charge in [0.05, 0.1) is 0 Å². The summed E-state index contributed by atoms with van der Waals surface area (Å²) in [5.74, 6) is 0.0191. The molecule has 100 valence electrons. The molecule has 1 aliphatic carbocycles. The van der Waals surface area contributed by atoms with Crippen molar-refractivity contribution < 1.29 is 9.59 Å². The molecule has 1 saturated carbocycles. The standard InChI is InChI=1S/C15H18N2O2/c1-15(2)8-13(18)17-12-6-3-9(7-11(12)15)14(19)16-10-4-5-10/h3,6-7,10H,4-5,8H2,1-2H3,(H,16,19)(H,17,18). The third-order valence-electron chi connectivity index (χ3n) is 3.80. The first kappa shape index (κ1) is 12.2. The molecule has 4 nitrogen and oxygen atoms in total. The smallest absolute Gasteiger partial charge is 0.251 e. The third-order valence-corrected chi connectivity index (χ3v) is 3.80. The van der Waals surface area contributed by atoms with Crippen LogP contribution >= 0.6 is 0 Å². The molecule has 4 heteroatoms. The molecule has 1 heterocycles. The molecule has 3 rings (SSSR count). The third kappa shape index (κ3) is 2.35. The van der Waals surface area contributed by atoms with E-state index in [-0.39, 0.29) is 17.2 Å². The van der Waals surface area contributed by atoms with Crippen LogP contribution < -0.4 is 10.6 Å². The van der Waals surface area contributed by atoms with Crippen LogP contribution in [0.4, 0.5) is 5.69 Å². The lowest BCUT2D eigenvalue weighted by molar-refractivity contribution is -0.117. The lowest BCUT2D eigenvalue weighted by atomic mass is 9.77. The van der Waals surface area contributed by atoms with Crippen LogP contribution in [-0.2, 0) is 10.2 Å². The van der Waals surface area contributed by atoms with Crippen molar-refractivity contribution in [1.82, 2.24) is 5.32 Å². The zero-order valence-electron chi connectivity index (χ0n) is 11.2. The van der Waals surface area contributed by atoms with Gasteiger partial charge in [-0.05, 0) is 36.6 Å². The van der Waals surface area contributed by atoms with Gasteiger partial charge in [-0.1, -0.05) is 13.8 Å². The fourth-order valence-electron chi connectivity index (χ4n) is 2.54. The molecule has 19 heavy (non-hydrogen) atoms. The Bertz CT molecular complexity index is 559. The highest BCUT2D eigenvalue weighted by molar-refractivity contribution is 5.99. The predicted octanol–water partition coefficient (Wildman–Crippen LogP) is 2.20. The van der Waals surface area contributed by atoms with Crippen molar-refractivity contribution in [2.24, 2.45) is 0 Å². The van der Waals surface area contributed by atoms with Gasteiger partial charge >= 0.3 is 0 Å². The minimum atomic E-state index is -0.229. The van der Waals surface area contributed by atoms with E-state index in [1.807, 2.05) is 26.0 Å². The van der Waals surface area contributed by atoms with E-state index in [9.17, 15) is 9.59 Å². The van der Waals surface area contributed by atoms with Gasteiger partial charge in [0.1, 0.15) is 0 Å². The molecule has 0 aromatic heterocycles. The van der Waals surface area contributed by atoms with Crippen LogP contribution in [0.2, 0.25) is 0 Å². The molecule has 0 spiro atoms. The Morgan fingerprint density at radius 2 is 2.11 bits per heavy atom. The number of carbonyl (C=O) groups excluding carboxylic acids is 2. The quantitative estimate of drug-likeness (QED) is 0.854. The molecular weight excluding hydrogens is 240 g/mol. The van der Waals surface area contributed by atoms with Crippen LogP contribution in [0, 0.1) is 0 Å². The molecule has 0 radical (unpaired) electrons. The lowest BCUT2D eigenvalue weighted by Crippen LogP contribution is -2.33. The largest absolute Gasteiger partial charge is 0.349 e. The van der Waals surface area contributed by atoms with Crippen LogP contribution in [0.25, 0.3) is 0 Å². The van der Waals surface area contributed by atoms with Crippen molar-refractivity contribution in [2.75, 3.05) is 5.32 Å². The Hall–Kier alpha value is -1.84. The molecule has 2 aliphatic rings. The summed E-state index contributed by atoms with van der Waals surface area (Å²) in [7, 11) is 0. The number of benzene rings is 1. The second-order valence-electron chi connectivity index (χ2n) is 6.12. The zero-order chi connectivity index (χ0) is 13.6. The Balaban J connectivity index is 1.93. The van der Waals surface area contributed by atoms with E-state index < -0.39 is 0 Å². The van der Waals surface area contributed by atoms with Gasteiger partial charge in [0.15, 0.2) is 0 Å². The summed E-state index contributed by atoms with van der Waals surface area (Å²) in [5, 5.41) is 5.85. The number of hydrogen-bond donors (Lipinski definition) is 2. The number of amides is 2. The molecule has 0 atom stereocenters. The maximum absolute atomic E-state index is 12.1. The fourth-order valence-corrected chi connectivity index (χ4v) is 2.54. The van der Waals surface area contributed by atoms with Crippen molar-refractivity contribution in [3.05, 3.63) is 29.3 Å². The van der Waals surface area contributed by atoms with Crippen LogP contribution in [0.1, 0.15) is 49.0 Å². The number of hydrogen-bond acceptors (Lipinski definition) is 2. The number of rotatable bonds is 2. The lowest BCUT2D eigenvalue weighted by Gasteiger charge is -2.32. The average Bonchev–Trinajstić information content (AvgIpc) is 3.11. The van der Waals surface area contributed by atoms with E-state index in [1.54, 1.807) is 6.07 Å². The highest BCUT2D eigenvalue weighted by atomic mass is 16.2. The van der Waals surface area contributed by atoms with Gasteiger partial charge < -0.3 is 10.6 Å². The Morgan fingerprint density at radius 1 is 1.37 bits per heavy atom. The maximum Gasteiger partial charge on any atom is 0.251 e. The highest BCUT2D eigenvalue weighted by Gasteiger charge is 2.32. The minimum absolute atomic E-state index is 0.0157. The molecule has 0 unspecified atom stereocenters. The number of anilines is 1. The molecule has 1 fully saturated rings. The predicted molar refractivity (Wildman–Crippen MR) is 73.2 cm³/mol. The molecular formula is C15H18N2O2. The van der Waals surface area contributed by atoms with E-state index in [4.69, 9.17) is 0 Å². The fraction of sp³-hybridized carbons (Fsp3) is 0.467. The average molecular weight is 258 g/mol. The Morgan fingerprint density at radius 3 is 2.79 bits per heavy atom. The SMILES string of the molecule is CC1(C)CC(=O)Nc2ccc(C(=O)NC3CC3)cc21. The van der Waals surface area contributed by atoms with Crippen LogP contribution in [-0.4, -0.2) is 17.9 Å². The second kappa shape index (κ2) is 4.08. The van der Waals surface area contributed by atoms with Gasteiger partial charge in [0, 0.05) is 29.1 Å². The van der Waals surface area contributed by atoms with Crippen LogP contribution in [0.15, 0.2) is 18.2 Å². The first-order chi connectivity index (χ1) is 8.95. The first-order valence-electron chi connectivity index (χ1n) is 6.71. The summed E-state index contributed by atoms with van der Waals surface area (Å²) in [5.41, 5.74) is 2.31. The first-order valence-corrected chi connectivity index (χ1v) is 6.71. The summed E-state index contributed by atoms with van der Waals surface area (Å²) in [4.78, 5) is 23.7. The highest BCUT2D eigenvalue weighted by Crippen LogP contribution is 2.37. The molecule has 2 amide bonds. The Kier molecular flexibility index (Phi) is 2.62. The molecule has 1 aliphatic heterocycles. The minimum Gasteiger partial charge on any atom is -0.349 e. The van der Waals surface area contributed by atoms with E-state index in [0.717, 1.165) is 24.1 Å². The normalized spacial score (nSPS) is 20.4. The van der Waals surface area contributed by atoms with Crippen molar-refractivity contribution in [3.63, 3.8) is 0 Å².